The highest BCUT2D eigenvalue weighted by molar-refractivity contribution is 5.32. The van der Waals surface area contributed by atoms with Gasteiger partial charge < -0.3 is 10.0 Å². The van der Waals surface area contributed by atoms with E-state index in [4.69, 9.17) is 5.26 Å². The number of hydrogen-bond donors (Lipinski definition) is 1. The van der Waals surface area contributed by atoms with Crippen LogP contribution in [0.4, 0.5) is 0 Å². The summed E-state index contributed by atoms with van der Waals surface area (Å²) in [4.78, 5) is 5.04. The van der Waals surface area contributed by atoms with Gasteiger partial charge in [-0.05, 0) is 56.0 Å². The normalized spacial score (nSPS) is 22.2. The highest BCUT2D eigenvalue weighted by Crippen LogP contribution is 2.25. The number of nitrogens with zero attached hydrogens (tertiary/aromatic N) is 3. The quantitative estimate of drug-likeness (QED) is 0.894. The molecule has 1 saturated carbocycles. The van der Waals surface area contributed by atoms with E-state index in [2.05, 4.69) is 15.9 Å². The topological polar surface area (TPSA) is 50.5 Å². The lowest BCUT2D eigenvalue weighted by Crippen LogP contribution is -2.35. The van der Waals surface area contributed by atoms with Gasteiger partial charge in [0, 0.05) is 26.2 Å². The van der Waals surface area contributed by atoms with Gasteiger partial charge in [-0.3, -0.25) is 4.90 Å². The molecule has 0 amide bonds. The number of benzene rings is 1. The Morgan fingerprint density at radius 3 is 2.36 bits per heavy atom. The van der Waals surface area contributed by atoms with Crippen molar-refractivity contribution in [3.8, 4) is 6.07 Å². The molecule has 3 rings (SSSR count). The first-order chi connectivity index (χ1) is 12.2. The minimum Gasteiger partial charge on any atom is -0.387 e. The zero-order valence-corrected chi connectivity index (χ0v) is 15.2. The molecular weight excluding hydrogens is 310 g/mol. The number of aliphatic hydroxyl groups excluding tert-OH is 1. The first kappa shape index (κ1) is 18.4. The fourth-order valence-electron chi connectivity index (χ4n) is 4.25. The summed E-state index contributed by atoms with van der Waals surface area (Å²) >= 11 is 0. The van der Waals surface area contributed by atoms with E-state index < -0.39 is 6.10 Å². The number of aliphatic hydroxyl groups is 1. The van der Waals surface area contributed by atoms with Crippen molar-refractivity contribution in [1.29, 1.82) is 5.26 Å². The van der Waals surface area contributed by atoms with Gasteiger partial charge in [-0.15, -0.1) is 0 Å². The van der Waals surface area contributed by atoms with E-state index in [9.17, 15) is 5.11 Å². The predicted octanol–water partition coefficient (Wildman–Crippen LogP) is 3.18. The van der Waals surface area contributed by atoms with Crippen LogP contribution in [0.2, 0.25) is 0 Å². The molecule has 1 saturated heterocycles. The smallest absolute Gasteiger partial charge is 0.0991 e. The summed E-state index contributed by atoms with van der Waals surface area (Å²) in [5.74, 6) is 0.907. The molecule has 0 bridgehead atoms. The first-order valence-corrected chi connectivity index (χ1v) is 9.87. The van der Waals surface area contributed by atoms with E-state index in [-0.39, 0.29) is 0 Å². The average molecular weight is 341 g/mol. The van der Waals surface area contributed by atoms with Crippen molar-refractivity contribution in [2.45, 2.75) is 44.6 Å². The summed E-state index contributed by atoms with van der Waals surface area (Å²) in [6.45, 7) is 6.38. The Morgan fingerprint density at radius 2 is 1.64 bits per heavy atom. The van der Waals surface area contributed by atoms with E-state index in [0.717, 1.165) is 31.1 Å². The zero-order valence-electron chi connectivity index (χ0n) is 15.2. The Morgan fingerprint density at radius 1 is 0.960 bits per heavy atom. The molecular formula is C21H31N3O. The Labute approximate surface area is 152 Å². The van der Waals surface area contributed by atoms with Crippen LogP contribution in [0.5, 0.6) is 0 Å². The van der Waals surface area contributed by atoms with Crippen molar-refractivity contribution < 1.29 is 5.11 Å². The van der Waals surface area contributed by atoms with Gasteiger partial charge in [0.1, 0.15) is 0 Å². The molecule has 0 spiro atoms. The molecule has 1 aliphatic heterocycles. The fraction of sp³-hybridized carbons (Fsp3) is 0.667. The molecule has 136 valence electrons. The fourth-order valence-corrected chi connectivity index (χ4v) is 4.25. The minimum absolute atomic E-state index is 0.474. The molecule has 2 aliphatic rings. The van der Waals surface area contributed by atoms with Crippen LogP contribution in [0.3, 0.4) is 0 Å². The molecule has 1 atom stereocenters. The second-order valence-corrected chi connectivity index (χ2v) is 7.71. The molecule has 1 aromatic carbocycles. The summed E-state index contributed by atoms with van der Waals surface area (Å²) in [5.41, 5.74) is 1.55. The summed E-state index contributed by atoms with van der Waals surface area (Å²) in [5, 5.41) is 19.4. The maximum atomic E-state index is 10.5. The maximum absolute atomic E-state index is 10.5. The minimum atomic E-state index is -0.474. The highest BCUT2D eigenvalue weighted by atomic mass is 16.3. The van der Waals surface area contributed by atoms with Gasteiger partial charge in [0.15, 0.2) is 0 Å². The van der Waals surface area contributed by atoms with E-state index in [1.165, 1.54) is 51.6 Å². The lowest BCUT2D eigenvalue weighted by atomic mass is 9.89. The number of β-amino-alcohol motifs (C(OH)–C–C–N with tert-alkyl or cyclic N) is 1. The first-order valence-electron chi connectivity index (χ1n) is 9.87. The largest absolute Gasteiger partial charge is 0.387 e. The third-order valence-corrected chi connectivity index (χ3v) is 5.78. The monoisotopic (exact) mass is 341 g/mol. The molecule has 0 radical (unpaired) electrons. The SMILES string of the molecule is N#Cc1ccc(C(O)CN2CCCN(CC3CCCCC3)CC2)cc1. The van der Waals surface area contributed by atoms with Crippen LogP contribution in [0.15, 0.2) is 24.3 Å². The lowest BCUT2D eigenvalue weighted by Gasteiger charge is -2.29. The third kappa shape index (κ3) is 5.54. The standard InChI is InChI=1S/C21H31N3O/c22-15-18-7-9-20(10-8-18)21(25)17-24-12-4-11-23(13-14-24)16-19-5-2-1-3-6-19/h7-10,19,21,25H,1-6,11-14,16-17H2. The van der Waals surface area contributed by atoms with Crippen LogP contribution >= 0.6 is 0 Å². The molecule has 1 aliphatic carbocycles. The summed E-state index contributed by atoms with van der Waals surface area (Å²) in [6.07, 6.45) is 7.81. The molecule has 25 heavy (non-hydrogen) atoms. The molecule has 0 aromatic heterocycles. The van der Waals surface area contributed by atoms with Crippen LogP contribution < -0.4 is 0 Å². The van der Waals surface area contributed by atoms with Crippen LogP contribution in [0.25, 0.3) is 0 Å². The summed E-state index contributed by atoms with van der Waals surface area (Å²) in [6, 6.07) is 9.44. The van der Waals surface area contributed by atoms with Crippen molar-refractivity contribution in [3.63, 3.8) is 0 Å². The van der Waals surface area contributed by atoms with Crippen LogP contribution in [-0.4, -0.2) is 54.2 Å². The van der Waals surface area contributed by atoms with Crippen molar-refractivity contribution in [2.75, 3.05) is 39.3 Å². The van der Waals surface area contributed by atoms with Gasteiger partial charge in [0.2, 0.25) is 0 Å². The summed E-state index contributed by atoms with van der Waals surface area (Å²) < 4.78 is 0. The van der Waals surface area contributed by atoms with Gasteiger partial charge >= 0.3 is 0 Å². The molecule has 4 nitrogen and oxygen atoms in total. The van der Waals surface area contributed by atoms with Crippen LogP contribution in [0.1, 0.15) is 55.8 Å². The maximum Gasteiger partial charge on any atom is 0.0991 e. The molecule has 2 fully saturated rings. The van der Waals surface area contributed by atoms with Crippen molar-refractivity contribution >= 4 is 0 Å². The van der Waals surface area contributed by atoms with Crippen molar-refractivity contribution in [2.24, 2.45) is 5.92 Å². The van der Waals surface area contributed by atoms with Gasteiger partial charge in [-0.2, -0.15) is 5.26 Å². The number of hydrogen-bond acceptors (Lipinski definition) is 4. The lowest BCUT2D eigenvalue weighted by molar-refractivity contribution is 0.113. The molecule has 4 heteroatoms. The van der Waals surface area contributed by atoms with E-state index in [0.29, 0.717) is 12.1 Å². The summed E-state index contributed by atoms with van der Waals surface area (Å²) in [7, 11) is 0. The highest BCUT2D eigenvalue weighted by Gasteiger charge is 2.21. The Balaban J connectivity index is 1.46. The zero-order chi connectivity index (χ0) is 17.5. The molecule has 1 heterocycles. The van der Waals surface area contributed by atoms with E-state index in [1.54, 1.807) is 12.1 Å². The van der Waals surface area contributed by atoms with Gasteiger partial charge in [-0.1, -0.05) is 31.4 Å². The number of rotatable bonds is 5. The Hall–Kier alpha value is -1.41. The van der Waals surface area contributed by atoms with E-state index >= 15 is 0 Å². The van der Waals surface area contributed by atoms with Crippen LogP contribution in [-0.2, 0) is 0 Å². The van der Waals surface area contributed by atoms with Crippen molar-refractivity contribution in [1.82, 2.24) is 9.80 Å². The van der Waals surface area contributed by atoms with Crippen LogP contribution in [0, 0.1) is 17.2 Å². The van der Waals surface area contributed by atoms with Crippen molar-refractivity contribution in [3.05, 3.63) is 35.4 Å². The average Bonchev–Trinajstić information content (AvgIpc) is 2.88. The Bertz CT molecular complexity index is 559. The molecule has 1 aromatic rings. The second kappa shape index (κ2) is 9.33. The number of nitriles is 1. The third-order valence-electron chi connectivity index (χ3n) is 5.78. The molecule has 1 N–H and O–H groups in total. The predicted molar refractivity (Wildman–Crippen MR) is 100 cm³/mol. The van der Waals surface area contributed by atoms with Gasteiger partial charge in [-0.25, -0.2) is 0 Å². The Kier molecular flexibility index (Phi) is 6.86. The van der Waals surface area contributed by atoms with Gasteiger partial charge in [0.05, 0.1) is 17.7 Å². The molecule has 1 unspecified atom stereocenters. The second-order valence-electron chi connectivity index (χ2n) is 7.71. The van der Waals surface area contributed by atoms with Gasteiger partial charge in [0.25, 0.3) is 0 Å². The van der Waals surface area contributed by atoms with E-state index in [1.807, 2.05) is 12.1 Å².